The molecule has 0 radical (unpaired) electrons. The average Bonchev–Trinajstić information content (AvgIpc) is 2.38. The predicted molar refractivity (Wildman–Crippen MR) is 79.4 cm³/mol. The third kappa shape index (κ3) is 3.85. The van der Waals surface area contributed by atoms with E-state index >= 15 is 0 Å². The van der Waals surface area contributed by atoms with Gasteiger partial charge >= 0.3 is 0 Å². The second kappa shape index (κ2) is 6.27. The minimum absolute atomic E-state index is 0.324. The summed E-state index contributed by atoms with van der Waals surface area (Å²) in [6.07, 6.45) is 0. The molecule has 0 aliphatic carbocycles. The summed E-state index contributed by atoms with van der Waals surface area (Å²) < 4.78 is 5.74. The van der Waals surface area contributed by atoms with Gasteiger partial charge in [0.15, 0.2) is 0 Å². The van der Waals surface area contributed by atoms with E-state index in [1.165, 1.54) is 0 Å². The van der Waals surface area contributed by atoms with E-state index in [-0.39, 0.29) is 0 Å². The first-order chi connectivity index (χ1) is 9.08. The van der Waals surface area contributed by atoms with Crippen molar-refractivity contribution in [3.63, 3.8) is 0 Å². The van der Waals surface area contributed by atoms with Crippen LogP contribution >= 0.6 is 23.2 Å². The molecule has 1 heterocycles. The molecule has 0 unspecified atom stereocenters. The zero-order chi connectivity index (χ0) is 13.8. The van der Waals surface area contributed by atoms with E-state index in [1.54, 1.807) is 12.1 Å². The summed E-state index contributed by atoms with van der Waals surface area (Å²) in [7, 11) is 0. The Labute approximate surface area is 123 Å². The van der Waals surface area contributed by atoms with Crippen LogP contribution in [0.2, 0.25) is 5.02 Å². The maximum Gasteiger partial charge on any atom is 0.219 e. The molecule has 0 spiro atoms. The van der Waals surface area contributed by atoms with Gasteiger partial charge in [0, 0.05) is 22.7 Å². The van der Waals surface area contributed by atoms with Gasteiger partial charge in [-0.2, -0.15) is 0 Å². The highest BCUT2D eigenvalue weighted by Gasteiger charge is 2.08. The summed E-state index contributed by atoms with van der Waals surface area (Å²) in [5, 5.41) is 0.634. The van der Waals surface area contributed by atoms with E-state index in [9.17, 15) is 0 Å². The third-order valence-electron chi connectivity index (χ3n) is 2.65. The van der Waals surface area contributed by atoms with Gasteiger partial charge in [-0.1, -0.05) is 31.5 Å². The fourth-order valence-corrected chi connectivity index (χ4v) is 1.99. The van der Waals surface area contributed by atoms with E-state index in [2.05, 4.69) is 18.8 Å². The highest BCUT2D eigenvalue weighted by Crippen LogP contribution is 2.26. The summed E-state index contributed by atoms with van der Waals surface area (Å²) >= 11 is 11.8. The topological polar surface area (TPSA) is 22.1 Å². The smallest absolute Gasteiger partial charge is 0.219 e. The Bertz CT molecular complexity index is 570. The standard InChI is InChI=1S/C15H15Cl2NO/c1-10(2)14-6-11(9-16)7-15(18-14)19-13-5-3-4-12(17)8-13/h3-8,10H,9H2,1-2H3. The monoisotopic (exact) mass is 295 g/mol. The van der Waals surface area contributed by atoms with Crippen molar-refractivity contribution in [3.8, 4) is 11.6 Å². The summed E-state index contributed by atoms with van der Waals surface area (Å²) in [5.41, 5.74) is 1.97. The number of halogens is 2. The minimum atomic E-state index is 0.324. The van der Waals surface area contributed by atoms with Crippen LogP contribution in [-0.2, 0) is 5.88 Å². The zero-order valence-corrected chi connectivity index (χ0v) is 12.4. The maximum absolute atomic E-state index is 5.93. The van der Waals surface area contributed by atoms with Gasteiger partial charge in [-0.05, 0) is 35.7 Å². The van der Waals surface area contributed by atoms with Crippen molar-refractivity contribution in [2.75, 3.05) is 0 Å². The van der Waals surface area contributed by atoms with Gasteiger partial charge < -0.3 is 4.74 Å². The molecule has 1 aromatic heterocycles. The molecule has 0 saturated carbocycles. The Kier molecular flexibility index (Phi) is 4.67. The van der Waals surface area contributed by atoms with E-state index in [1.807, 2.05) is 24.3 Å². The van der Waals surface area contributed by atoms with Crippen molar-refractivity contribution < 1.29 is 4.74 Å². The lowest BCUT2D eigenvalue weighted by molar-refractivity contribution is 0.459. The van der Waals surface area contributed by atoms with E-state index < -0.39 is 0 Å². The van der Waals surface area contributed by atoms with Crippen LogP contribution in [0, 0.1) is 0 Å². The van der Waals surface area contributed by atoms with Gasteiger partial charge in [0.2, 0.25) is 5.88 Å². The van der Waals surface area contributed by atoms with Gasteiger partial charge in [-0.25, -0.2) is 4.98 Å². The van der Waals surface area contributed by atoms with Crippen molar-refractivity contribution in [1.82, 2.24) is 4.98 Å². The van der Waals surface area contributed by atoms with Crippen molar-refractivity contribution in [2.24, 2.45) is 0 Å². The number of rotatable bonds is 4. The molecular weight excluding hydrogens is 281 g/mol. The number of aromatic nitrogens is 1. The molecule has 19 heavy (non-hydrogen) atoms. The summed E-state index contributed by atoms with van der Waals surface area (Å²) in [6, 6.07) is 11.1. The minimum Gasteiger partial charge on any atom is -0.439 e. The number of hydrogen-bond donors (Lipinski definition) is 0. The number of benzene rings is 1. The van der Waals surface area contributed by atoms with Gasteiger partial charge in [-0.3, -0.25) is 0 Å². The van der Waals surface area contributed by atoms with Crippen LogP contribution in [0.4, 0.5) is 0 Å². The number of alkyl halides is 1. The van der Waals surface area contributed by atoms with E-state index in [4.69, 9.17) is 27.9 Å². The molecule has 1 aromatic carbocycles. The summed E-state index contributed by atoms with van der Waals surface area (Å²) in [4.78, 5) is 4.48. The highest BCUT2D eigenvalue weighted by atomic mass is 35.5. The first kappa shape index (κ1) is 14.2. The van der Waals surface area contributed by atoms with Crippen LogP contribution < -0.4 is 4.74 Å². The molecule has 0 fully saturated rings. The van der Waals surface area contributed by atoms with Crippen molar-refractivity contribution in [1.29, 1.82) is 0 Å². The molecule has 0 aliphatic heterocycles. The lowest BCUT2D eigenvalue weighted by Crippen LogP contribution is -1.97. The molecule has 0 amide bonds. The fraction of sp³-hybridized carbons (Fsp3) is 0.267. The second-order valence-corrected chi connectivity index (χ2v) is 5.29. The molecule has 2 rings (SSSR count). The molecule has 0 bridgehead atoms. The van der Waals surface area contributed by atoms with Crippen LogP contribution in [0.25, 0.3) is 0 Å². The van der Waals surface area contributed by atoms with Crippen molar-refractivity contribution in [3.05, 3.63) is 52.7 Å². The summed E-state index contributed by atoms with van der Waals surface area (Å²) in [5.74, 6) is 1.98. The molecule has 0 N–H and O–H groups in total. The van der Waals surface area contributed by atoms with Crippen LogP contribution in [-0.4, -0.2) is 4.98 Å². The molecule has 2 nitrogen and oxygen atoms in total. The highest BCUT2D eigenvalue weighted by molar-refractivity contribution is 6.30. The Hall–Kier alpha value is -1.25. The summed E-state index contributed by atoms with van der Waals surface area (Å²) in [6.45, 7) is 4.17. The molecule has 0 saturated heterocycles. The van der Waals surface area contributed by atoms with Crippen LogP contribution in [0.1, 0.15) is 31.0 Å². The number of pyridine rings is 1. The van der Waals surface area contributed by atoms with Crippen molar-refractivity contribution in [2.45, 2.75) is 25.6 Å². The van der Waals surface area contributed by atoms with Crippen LogP contribution in [0.15, 0.2) is 36.4 Å². The van der Waals surface area contributed by atoms with E-state index in [0.29, 0.717) is 28.5 Å². The van der Waals surface area contributed by atoms with Gasteiger partial charge in [0.25, 0.3) is 0 Å². The van der Waals surface area contributed by atoms with Gasteiger partial charge in [0.1, 0.15) is 5.75 Å². The second-order valence-electron chi connectivity index (χ2n) is 4.59. The van der Waals surface area contributed by atoms with Crippen LogP contribution in [0.5, 0.6) is 11.6 Å². The maximum atomic E-state index is 5.93. The van der Waals surface area contributed by atoms with Crippen LogP contribution in [0.3, 0.4) is 0 Å². The van der Waals surface area contributed by atoms with Gasteiger partial charge in [-0.15, -0.1) is 11.6 Å². The molecule has 0 atom stereocenters. The lowest BCUT2D eigenvalue weighted by atomic mass is 10.1. The Morgan fingerprint density at radius 3 is 2.63 bits per heavy atom. The first-order valence-corrected chi connectivity index (χ1v) is 7.00. The van der Waals surface area contributed by atoms with Gasteiger partial charge in [0.05, 0.1) is 0 Å². The predicted octanol–water partition coefficient (Wildman–Crippen LogP) is 5.39. The molecular formula is C15H15Cl2NO. The zero-order valence-electron chi connectivity index (χ0n) is 10.9. The largest absolute Gasteiger partial charge is 0.439 e. The molecule has 0 aliphatic rings. The number of ether oxygens (including phenoxy) is 1. The average molecular weight is 296 g/mol. The fourth-order valence-electron chi connectivity index (χ4n) is 1.66. The quantitative estimate of drug-likeness (QED) is 0.706. The first-order valence-electron chi connectivity index (χ1n) is 6.08. The lowest BCUT2D eigenvalue weighted by Gasteiger charge is -2.11. The number of hydrogen-bond acceptors (Lipinski definition) is 2. The Morgan fingerprint density at radius 1 is 1.21 bits per heavy atom. The Balaban J connectivity index is 2.31. The molecule has 2 aromatic rings. The molecule has 100 valence electrons. The third-order valence-corrected chi connectivity index (χ3v) is 3.19. The normalized spacial score (nSPS) is 10.8. The number of nitrogens with zero attached hydrogens (tertiary/aromatic N) is 1. The Morgan fingerprint density at radius 2 is 2.00 bits per heavy atom. The SMILES string of the molecule is CC(C)c1cc(CCl)cc(Oc2cccc(Cl)c2)n1. The molecule has 4 heteroatoms. The van der Waals surface area contributed by atoms with Crippen molar-refractivity contribution >= 4 is 23.2 Å². The van der Waals surface area contributed by atoms with E-state index in [0.717, 1.165) is 11.3 Å².